The third kappa shape index (κ3) is 3.70. The van der Waals surface area contributed by atoms with E-state index in [1.165, 1.54) is 32.0 Å². The number of benzene rings is 2. The number of aliphatic hydroxyl groups is 4. The van der Waals surface area contributed by atoms with E-state index in [-0.39, 0.29) is 41.7 Å². The molecule has 2 aliphatic carbocycles. The summed E-state index contributed by atoms with van der Waals surface area (Å²) in [6.45, 7) is 3.01. The minimum Gasteiger partial charge on any atom is -0.507 e. The van der Waals surface area contributed by atoms with Gasteiger partial charge < -0.3 is 49.6 Å². The van der Waals surface area contributed by atoms with Crippen molar-refractivity contribution in [1.82, 2.24) is 0 Å². The number of phenols is 2. The number of aromatic hydroxyl groups is 2. The fourth-order valence-electron chi connectivity index (χ4n) is 7.03. The molecule has 0 saturated heterocycles. The van der Waals surface area contributed by atoms with Gasteiger partial charge in [0.1, 0.15) is 57.9 Å². The number of methoxy groups -OCH3 is 2. The molecule has 2 aromatic rings. The average Bonchev–Trinajstić information content (AvgIpc) is 3.01. The van der Waals surface area contributed by atoms with Crippen LogP contribution in [0.3, 0.4) is 0 Å². The second-order valence-electron chi connectivity index (χ2n) is 11.8. The van der Waals surface area contributed by atoms with Gasteiger partial charge in [-0.3, -0.25) is 9.59 Å². The van der Waals surface area contributed by atoms with Crippen molar-refractivity contribution in [2.45, 2.75) is 56.5 Å². The van der Waals surface area contributed by atoms with Crippen molar-refractivity contribution in [2.24, 2.45) is 5.92 Å². The van der Waals surface area contributed by atoms with E-state index in [1.54, 1.807) is 0 Å². The van der Waals surface area contributed by atoms with Gasteiger partial charge in [0.25, 0.3) is 11.2 Å². The van der Waals surface area contributed by atoms with Crippen molar-refractivity contribution in [3.8, 4) is 34.1 Å². The number of fused-ring (bicyclic) bond motifs is 4. The maximum absolute atomic E-state index is 13.3. The lowest BCUT2D eigenvalue weighted by atomic mass is 9.69. The highest BCUT2D eigenvalue weighted by atomic mass is 16.6. The molecule has 242 valence electrons. The maximum Gasteiger partial charge on any atom is 0.358 e. The lowest BCUT2D eigenvalue weighted by Gasteiger charge is -2.45. The lowest BCUT2D eigenvalue weighted by molar-refractivity contribution is -0.173. The minimum atomic E-state index is -2.53. The van der Waals surface area contributed by atoms with Crippen LogP contribution in [0.5, 0.6) is 23.0 Å². The predicted molar refractivity (Wildman–Crippen MR) is 155 cm³/mol. The van der Waals surface area contributed by atoms with Gasteiger partial charge in [0.2, 0.25) is 0 Å². The molecular formula is C32H30O14. The second kappa shape index (κ2) is 10.2. The molecule has 0 aromatic heterocycles. The first kappa shape index (κ1) is 30.9. The van der Waals surface area contributed by atoms with Crippen LogP contribution in [0.25, 0.3) is 22.6 Å². The molecule has 14 nitrogen and oxygen atoms in total. The fraction of sp³-hybridized carbons (Fsp3) is 0.375. The highest BCUT2D eigenvalue weighted by Crippen LogP contribution is 2.57. The molecule has 6 rings (SSSR count). The molecule has 2 aromatic carbocycles. The zero-order valence-corrected chi connectivity index (χ0v) is 25.0. The monoisotopic (exact) mass is 638 g/mol. The molecule has 46 heavy (non-hydrogen) atoms. The second-order valence-corrected chi connectivity index (χ2v) is 11.8. The summed E-state index contributed by atoms with van der Waals surface area (Å²) in [5.74, 6) is -8.31. The van der Waals surface area contributed by atoms with E-state index in [0.717, 1.165) is 14.2 Å². The van der Waals surface area contributed by atoms with Gasteiger partial charge in [0.05, 0.1) is 25.4 Å². The largest absolute Gasteiger partial charge is 0.507 e. The number of aliphatic hydroxyl groups excluding tert-OH is 4. The quantitative estimate of drug-likeness (QED) is 0.264. The standard InChI is InChI=1S/C32H30O14/c1-11-9-15(34)20-25(38)22-14(33)6-8-18(36)31(22,29(41)43-3)46-27(20)19(11)13-5-7-17-21(24(13)37)26(39)23-16(35)10-12(2)28(40)32(23,45-17)30(42)44-4/h5,7,9,12,18,28,34,36-40H,6,8,10H2,1-4H3/t12-,18+,28+,31-,32+/m0/s1. The van der Waals surface area contributed by atoms with Crippen LogP contribution in [0.2, 0.25) is 0 Å². The van der Waals surface area contributed by atoms with Gasteiger partial charge in [-0.1, -0.05) is 6.92 Å². The normalized spacial score (nSPS) is 28.3. The van der Waals surface area contributed by atoms with Crippen molar-refractivity contribution in [2.75, 3.05) is 14.2 Å². The van der Waals surface area contributed by atoms with Crippen LogP contribution in [0, 0.1) is 12.8 Å². The molecule has 0 bridgehead atoms. The number of carbonyl (C=O) groups is 4. The number of ketones is 2. The third-order valence-corrected chi connectivity index (χ3v) is 9.20. The van der Waals surface area contributed by atoms with E-state index in [1.807, 2.05) is 0 Å². The molecule has 2 saturated carbocycles. The summed E-state index contributed by atoms with van der Waals surface area (Å²) in [7, 11) is 2.01. The molecule has 2 aliphatic heterocycles. The molecular weight excluding hydrogens is 608 g/mol. The lowest BCUT2D eigenvalue weighted by Crippen LogP contribution is -2.64. The smallest absolute Gasteiger partial charge is 0.358 e. The van der Waals surface area contributed by atoms with Crippen LogP contribution in [0.4, 0.5) is 0 Å². The van der Waals surface area contributed by atoms with Gasteiger partial charge >= 0.3 is 11.9 Å². The Hall–Kier alpha value is -5.08. The molecule has 5 atom stereocenters. The summed E-state index contributed by atoms with van der Waals surface area (Å²) in [6, 6.07) is 3.70. The van der Waals surface area contributed by atoms with Gasteiger partial charge in [-0.15, -0.1) is 0 Å². The van der Waals surface area contributed by atoms with Crippen molar-refractivity contribution >= 4 is 35.0 Å². The Morgan fingerprint density at radius 2 is 1.48 bits per heavy atom. The number of phenolic OH excluding ortho intramolecular Hbond substituents is 2. The van der Waals surface area contributed by atoms with E-state index >= 15 is 0 Å². The Morgan fingerprint density at radius 3 is 2.13 bits per heavy atom. The summed E-state index contributed by atoms with van der Waals surface area (Å²) >= 11 is 0. The van der Waals surface area contributed by atoms with E-state index in [4.69, 9.17) is 18.9 Å². The van der Waals surface area contributed by atoms with Crippen LogP contribution in [0.15, 0.2) is 29.3 Å². The Balaban J connectivity index is 1.64. The molecule has 2 heterocycles. The van der Waals surface area contributed by atoms with Crippen molar-refractivity contribution in [1.29, 1.82) is 0 Å². The third-order valence-electron chi connectivity index (χ3n) is 9.20. The number of rotatable bonds is 3. The topological polar surface area (TPSA) is 227 Å². The Labute approximate surface area is 260 Å². The molecule has 6 N–H and O–H groups in total. The van der Waals surface area contributed by atoms with Crippen LogP contribution in [-0.4, -0.2) is 91.8 Å². The first-order valence-electron chi connectivity index (χ1n) is 14.3. The van der Waals surface area contributed by atoms with Crippen molar-refractivity contribution in [3.63, 3.8) is 0 Å². The van der Waals surface area contributed by atoms with E-state index in [9.17, 15) is 49.8 Å². The highest BCUT2D eigenvalue weighted by Gasteiger charge is 2.64. The Kier molecular flexibility index (Phi) is 6.87. The summed E-state index contributed by atoms with van der Waals surface area (Å²) in [5, 5.41) is 67.6. The zero-order chi connectivity index (χ0) is 33.6. The zero-order valence-electron chi connectivity index (χ0n) is 25.0. The van der Waals surface area contributed by atoms with Crippen molar-refractivity contribution < 1.29 is 68.8 Å². The van der Waals surface area contributed by atoms with E-state index < -0.39 is 104 Å². The first-order chi connectivity index (χ1) is 21.7. The van der Waals surface area contributed by atoms with Crippen LogP contribution in [0.1, 0.15) is 42.9 Å². The number of carbonyl (C=O) groups excluding carboxylic acids is 4. The van der Waals surface area contributed by atoms with Crippen LogP contribution in [-0.2, 0) is 28.7 Å². The molecule has 2 fully saturated rings. The molecule has 4 aliphatic rings. The fourth-order valence-corrected chi connectivity index (χ4v) is 7.03. The Morgan fingerprint density at radius 1 is 0.870 bits per heavy atom. The van der Waals surface area contributed by atoms with Crippen LogP contribution >= 0.6 is 0 Å². The number of aryl methyl sites for hydroxylation is 1. The molecule has 0 amide bonds. The average molecular weight is 639 g/mol. The van der Waals surface area contributed by atoms with Gasteiger partial charge in [-0.25, -0.2) is 9.59 Å². The highest BCUT2D eigenvalue weighted by molar-refractivity contribution is 6.14. The maximum atomic E-state index is 13.3. The first-order valence-corrected chi connectivity index (χ1v) is 14.3. The molecule has 0 spiro atoms. The van der Waals surface area contributed by atoms with Crippen molar-refractivity contribution in [3.05, 3.63) is 46.0 Å². The summed E-state index contributed by atoms with van der Waals surface area (Å²) in [5.41, 5.74) is -7.05. The SMILES string of the molecule is COC(=O)[C@@]12Oc3c(c(O)cc(C)c3-c3ccc4c(c3O)C(O)=C3C(=O)C[C@H](C)[C@@H](O)[C@]3(C(=O)OC)O4)C(O)=C1C(=O)CC[C@H]2O. The van der Waals surface area contributed by atoms with Gasteiger partial charge in [-0.2, -0.15) is 0 Å². The minimum absolute atomic E-state index is 0.0570. The van der Waals surface area contributed by atoms with Crippen LogP contribution < -0.4 is 9.47 Å². The van der Waals surface area contributed by atoms with Gasteiger partial charge in [0.15, 0.2) is 11.6 Å². The van der Waals surface area contributed by atoms with E-state index in [0.29, 0.717) is 0 Å². The molecule has 0 radical (unpaired) electrons. The summed E-state index contributed by atoms with van der Waals surface area (Å²) in [6.07, 6.45) is -4.02. The number of Topliss-reactive ketones (excluding diaryl/α,β-unsaturated/α-hetero) is 2. The summed E-state index contributed by atoms with van der Waals surface area (Å²) < 4.78 is 21.8. The van der Waals surface area contributed by atoms with E-state index in [2.05, 4.69) is 0 Å². The molecule has 14 heteroatoms. The number of hydrogen-bond acceptors (Lipinski definition) is 14. The number of esters is 2. The Bertz CT molecular complexity index is 1840. The molecule has 0 unspecified atom stereocenters. The number of ether oxygens (including phenoxy) is 4. The predicted octanol–water partition coefficient (Wildman–Crippen LogP) is 1.91. The number of hydrogen-bond donors (Lipinski definition) is 6. The van der Waals surface area contributed by atoms with Gasteiger partial charge in [-0.05, 0) is 43.0 Å². The van der Waals surface area contributed by atoms with Gasteiger partial charge in [0, 0.05) is 24.0 Å². The summed E-state index contributed by atoms with van der Waals surface area (Å²) in [4.78, 5) is 52.6.